The molecule has 1 heterocycles. The number of aliphatic hydroxyl groups excluding tert-OH is 1. The Morgan fingerprint density at radius 3 is 2.81 bits per heavy atom. The quantitative estimate of drug-likeness (QED) is 0.917. The molecule has 3 unspecified atom stereocenters. The zero-order chi connectivity index (χ0) is 14.7. The van der Waals surface area contributed by atoms with E-state index in [1.165, 1.54) is 11.1 Å². The van der Waals surface area contributed by atoms with Gasteiger partial charge in [-0.1, -0.05) is 43.3 Å². The number of aromatic nitrogens is 1. The SMILES string of the molecule is CC(CC(O)C1CCCc2cccnc21)c1ccccc1. The fourth-order valence-corrected chi connectivity index (χ4v) is 3.46. The van der Waals surface area contributed by atoms with Crippen molar-refractivity contribution in [1.29, 1.82) is 0 Å². The van der Waals surface area contributed by atoms with Crippen LogP contribution in [-0.2, 0) is 6.42 Å². The highest BCUT2D eigenvalue weighted by molar-refractivity contribution is 5.27. The van der Waals surface area contributed by atoms with Gasteiger partial charge < -0.3 is 5.11 Å². The lowest BCUT2D eigenvalue weighted by molar-refractivity contribution is 0.117. The predicted molar refractivity (Wildman–Crippen MR) is 85.4 cm³/mol. The second-order valence-electron chi connectivity index (χ2n) is 6.16. The highest BCUT2D eigenvalue weighted by Gasteiger charge is 2.28. The molecule has 3 rings (SSSR count). The van der Waals surface area contributed by atoms with Crippen molar-refractivity contribution in [3.05, 3.63) is 65.5 Å². The molecule has 0 aliphatic heterocycles. The Morgan fingerprint density at radius 1 is 1.19 bits per heavy atom. The standard InChI is InChI=1S/C19H23NO/c1-14(15-7-3-2-4-8-15)13-18(21)17-11-5-9-16-10-6-12-20-19(16)17/h2-4,6-8,10,12,14,17-18,21H,5,9,11,13H2,1H3. The molecule has 0 amide bonds. The summed E-state index contributed by atoms with van der Waals surface area (Å²) in [4.78, 5) is 4.54. The van der Waals surface area contributed by atoms with Crippen LogP contribution in [0.25, 0.3) is 0 Å². The van der Waals surface area contributed by atoms with E-state index in [2.05, 4.69) is 42.2 Å². The minimum absolute atomic E-state index is 0.195. The van der Waals surface area contributed by atoms with Crippen molar-refractivity contribution in [2.24, 2.45) is 0 Å². The van der Waals surface area contributed by atoms with Crippen LogP contribution in [-0.4, -0.2) is 16.2 Å². The third-order valence-corrected chi connectivity index (χ3v) is 4.67. The number of hydrogen-bond donors (Lipinski definition) is 1. The molecule has 0 saturated heterocycles. The van der Waals surface area contributed by atoms with E-state index in [1.54, 1.807) is 0 Å². The van der Waals surface area contributed by atoms with Gasteiger partial charge in [-0.2, -0.15) is 0 Å². The van der Waals surface area contributed by atoms with E-state index < -0.39 is 0 Å². The van der Waals surface area contributed by atoms with Crippen LogP contribution in [0.4, 0.5) is 0 Å². The Morgan fingerprint density at radius 2 is 2.00 bits per heavy atom. The average molecular weight is 281 g/mol. The van der Waals surface area contributed by atoms with Crippen molar-refractivity contribution in [2.75, 3.05) is 0 Å². The molecular formula is C19H23NO. The van der Waals surface area contributed by atoms with E-state index in [9.17, 15) is 5.11 Å². The zero-order valence-electron chi connectivity index (χ0n) is 12.6. The normalized spacial score (nSPS) is 20.6. The summed E-state index contributed by atoms with van der Waals surface area (Å²) in [6.45, 7) is 2.20. The topological polar surface area (TPSA) is 33.1 Å². The number of benzene rings is 1. The summed E-state index contributed by atoms with van der Waals surface area (Å²) >= 11 is 0. The van der Waals surface area contributed by atoms with Gasteiger partial charge in [0.25, 0.3) is 0 Å². The third-order valence-electron chi connectivity index (χ3n) is 4.67. The number of fused-ring (bicyclic) bond motifs is 1. The molecule has 1 aromatic carbocycles. The summed E-state index contributed by atoms with van der Waals surface area (Å²) in [5.41, 5.74) is 3.74. The highest BCUT2D eigenvalue weighted by atomic mass is 16.3. The second-order valence-corrected chi connectivity index (χ2v) is 6.16. The number of pyridine rings is 1. The minimum Gasteiger partial charge on any atom is -0.392 e. The Labute approximate surface area is 126 Å². The molecule has 2 aromatic rings. The Balaban J connectivity index is 1.73. The van der Waals surface area contributed by atoms with Gasteiger partial charge in [0, 0.05) is 17.8 Å². The van der Waals surface area contributed by atoms with Crippen LogP contribution in [0.1, 0.15) is 54.8 Å². The average Bonchev–Trinajstić information content (AvgIpc) is 2.55. The lowest BCUT2D eigenvalue weighted by Crippen LogP contribution is -2.25. The molecule has 110 valence electrons. The van der Waals surface area contributed by atoms with E-state index in [4.69, 9.17) is 0 Å². The van der Waals surface area contributed by atoms with E-state index in [0.717, 1.165) is 31.4 Å². The van der Waals surface area contributed by atoms with Gasteiger partial charge in [0.05, 0.1) is 6.10 Å². The lowest BCUT2D eigenvalue weighted by atomic mass is 9.80. The smallest absolute Gasteiger partial charge is 0.0629 e. The summed E-state index contributed by atoms with van der Waals surface area (Å²) in [6.07, 6.45) is 5.64. The number of nitrogens with zero attached hydrogens (tertiary/aromatic N) is 1. The first-order chi connectivity index (χ1) is 10.3. The van der Waals surface area contributed by atoms with Crippen molar-refractivity contribution in [1.82, 2.24) is 4.98 Å². The molecule has 21 heavy (non-hydrogen) atoms. The van der Waals surface area contributed by atoms with Gasteiger partial charge in [-0.05, 0) is 48.8 Å². The molecule has 0 saturated carbocycles. The minimum atomic E-state index is -0.311. The summed E-state index contributed by atoms with van der Waals surface area (Å²) < 4.78 is 0. The van der Waals surface area contributed by atoms with Crippen LogP contribution in [0.3, 0.4) is 0 Å². The first-order valence-corrected chi connectivity index (χ1v) is 7.92. The van der Waals surface area contributed by atoms with Gasteiger partial charge in [-0.25, -0.2) is 0 Å². The van der Waals surface area contributed by atoms with Gasteiger partial charge in [-0.15, -0.1) is 0 Å². The molecule has 0 fully saturated rings. The second kappa shape index (κ2) is 6.40. The van der Waals surface area contributed by atoms with E-state index >= 15 is 0 Å². The fraction of sp³-hybridized carbons (Fsp3) is 0.421. The van der Waals surface area contributed by atoms with E-state index in [-0.39, 0.29) is 12.0 Å². The van der Waals surface area contributed by atoms with Crippen molar-refractivity contribution < 1.29 is 5.11 Å². The first kappa shape index (κ1) is 14.3. The number of hydrogen-bond acceptors (Lipinski definition) is 2. The molecule has 1 aromatic heterocycles. The van der Waals surface area contributed by atoms with Crippen LogP contribution < -0.4 is 0 Å². The Bertz CT molecular complexity index is 581. The molecule has 3 atom stereocenters. The van der Waals surface area contributed by atoms with Gasteiger partial charge in [-0.3, -0.25) is 4.98 Å². The summed E-state index contributed by atoms with van der Waals surface area (Å²) in [6, 6.07) is 14.6. The largest absolute Gasteiger partial charge is 0.392 e. The molecule has 2 nitrogen and oxygen atoms in total. The molecule has 0 bridgehead atoms. The van der Waals surface area contributed by atoms with Crippen LogP contribution in [0.5, 0.6) is 0 Å². The van der Waals surface area contributed by atoms with Gasteiger partial charge >= 0.3 is 0 Å². The maximum atomic E-state index is 10.7. The Hall–Kier alpha value is -1.67. The predicted octanol–water partition coefficient (Wildman–Crippen LogP) is 4.06. The van der Waals surface area contributed by atoms with Crippen molar-refractivity contribution in [3.8, 4) is 0 Å². The summed E-state index contributed by atoms with van der Waals surface area (Å²) in [5.74, 6) is 0.566. The van der Waals surface area contributed by atoms with Crippen LogP contribution in [0, 0.1) is 0 Å². The molecule has 1 aliphatic rings. The molecule has 1 aliphatic carbocycles. The van der Waals surface area contributed by atoms with Crippen molar-refractivity contribution >= 4 is 0 Å². The summed E-state index contributed by atoms with van der Waals surface area (Å²) in [5, 5.41) is 10.7. The summed E-state index contributed by atoms with van der Waals surface area (Å²) in [7, 11) is 0. The molecular weight excluding hydrogens is 258 g/mol. The highest BCUT2D eigenvalue weighted by Crippen LogP contribution is 2.35. The maximum Gasteiger partial charge on any atom is 0.0629 e. The molecule has 2 heteroatoms. The van der Waals surface area contributed by atoms with Gasteiger partial charge in [0.1, 0.15) is 0 Å². The molecule has 1 N–H and O–H groups in total. The molecule has 0 radical (unpaired) electrons. The van der Waals surface area contributed by atoms with Crippen LogP contribution in [0.15, 0.2) is 48.7 Å². The van der Waals surface area contributed by atoms with Crippen molar-refractivity contribution in [2.45, 2.75) is 50.5 Å². The number of aliphatic hydroxyl groups is 1. The monoisotopic (exact) mass is 281 g/mol. The van der Waals surface area contributed by atoms with Gasteiger partial charge in [0.15, 0.2) is 0 Å². The zero-order valence-corrected chi connectivity index (χ0v) is 12.6. The maximum absolute atomic E-state index is 10.7. The number of rotatable bonds is 4. The lowest BCUT2D eigenvalue weighted by Gasteiger charge is -2.29. The van der Waals surface area contributed by atoms with Gasteiger partial charge in [0.2, 0.25) is 0 Å². The van der Waals surface area contributed by atoms with Crippen LogP contribution in [0.2, 0.25) is 0 Å². The van der Waals surface area contributed by atoms with Crippen molar-refractivity contribution in [3.63, 3.8) is 0 Å². The van der Waals surface area contributed by atoms with Crippen LogP contribution >= 0.6 is 0 Å². The third kappa shape index (κ3) is 3.16. The Kier molecular flexibility index (Phi) is 4.35. The van der Waals surface area contributed by atoms with E-state index in [0.29, 0.717) is 5.92 Å². The fourth-order valence-electron chi connectivity index (χ4n) is 3.46. The molecule has 0 spiro atoms. The van der Waals surface area contributed by atoms with E-state index in [1.807, 2.05) is 18.3 Å². The first-order valence-electron chi connectivity index (χ1n) is 7.92. The number of aryl methyl sites for hydroxylation is 1.